The summed E-state index contributed by atoms with van der Waals surface area (Å²) in [6.45, 7) is 3.77. The number of aromatic nitrogens is 4. The number of nitriles is 2. The van der Waals surface area contributed by atoms with Gasteiger partial charge in [-0.25, -0.2) is 18.7 Å². The fourth-order valence-electron chi connectivity index (χ4n) is 5.06. The Labute approximate surface area is 239 Å². The number of nitrogens with zero attached hydrogens (tertiary/aromatic N) is 7. The van der Waals surface area contributed by atoms with Crippen LogP contribution >= 0.6 is 0 Å². The van der Waals surface area contributed by atoms with Crippen molar-refractivity contribution in [2.45, 2.75) is 6.92 Å². The van der Waals surface area contributed by atoms with Gasteiger partial charge in [-0.2, -0.15) is 10.5 Å². The Balaban J connectivity index is 1.64. The van der Waals surface area contributed by atoms with Crippen molar-refractivity contribution in [3.8, 4) is 34.7 Å². The van der Waals surface area contributed by atoms with Crippen molar-refractivity contribution in [2.75, 3.05) is 36.5 Å². The van der Waals surface area contributed by atoms with E-state index < -0.39 is 11.6 Å². The van der Waals surface area contributed by atoms with Gasteiger partial charge < -0.3 is 15.0 Å². The van der Waals surface area contributed by atoms with Crippen LogP contribution in [-0.2, 0) is 4.74 Å². The number of fused-ring (bicyclic) bond motifs is 1. The lowest BCUT2D eigenvalue weighted by Crippen LogP contribution is -2.37. The van der Waals surface area contributed by atoms with Crippen LogP contribution in [0.4, 0.5) is 26.0 Å². The molecule has 1 aliphatic heterocycles. The fraction of sp³-hybridized carbons (Fsp3) is 0.161. The lowest BCUT2D eigenvalue weighted by Gasteiger charge is -2.29. The molecule has 0 amide bonds. The highest BCUT2D eigenvalue weighted by atomic mass is 19.1. The molecule has 0 saturated carbocycles. The minimum Gasteiger partial charge on any atom is -0.378 e. The molecular formula is C31H22F2N8O. The maximum absolute atomic E-state index is 15.5. The van der Waals surface area contributed by atoms with E-state index in [0.717, 1.165) is 12.1 Å². The summed E-state index contributed by atoms with van der Waals surface area (Å²) in [4.78, 5) is 19.8. The molecule has 0 aliphatic carbocycles. The zero-order chi connectivity index (χ0) is 29.2. The first kappa shape index (κ1) is 26.7. The van der Waals surface area contributed by atoms with E-state index in [-0.39, 0.29) is 16.5 Å². The first-order valence-electron chi connectivity index (χ1n) is 13.1. The molecule has 0 atom stereocenters. The number of rotatable bonds is 5. The molecule has 1 saturated heterocycles. The maximum Gasteiger partial charge on any atom is 0.148 e. The molecule has 206 valence electrons. The largest absolute Gasteiger partial charge is 0.378 e. The minimum absolute atomic E-state index is 0.0528. The van der Waals surface area contributed by atoms with Crippen LogP contribution in [0, 0.1) is 41.2 Å². The van der Waals surface area contributed by atoms with Gasteiger partial charge in [0, 0.05) is 66.7 Å². The van der Waals surface area contributed by atoms with E-state index in [4.69, 9.17) is 4.74 Å². The Morgan fingerprint density at radius 2 is 1.81 bits per heavy atom. The van der Waals surface area contributed by atoms with Crippen molar-refractivity contribution < 1.29 is 13.5 Å². The van der Waals surface area contributed by atoms with Crippen molar-refractivity contribution in [1.29, 1.82) is 10.5 Å². The molecule has 0 radical (unpaired) electrons. The predicted molar refractivity (Wildman–Crippen MR) is 153 cm³/mol. The molecule has 5 aromatic rings. The average Bonchev–Trinajstić information content (AvgIpc) is 3.02. The topological polar surface area (TPSA) is 124 Å². The molecular weight excluding hydrogens is 538 g/mol. The second-order valence-corrected chi connectivity index (χ2v) is 9.61. The molecule has 42 heavy (non-hydrogen) atoms. The van der Waals surface area contributed by atoms with Gasteiger partial charge in [-0.3, -0.25) is 9.97 Å². The van der Waals surface area contributed by atoms with Crippen molar-refractivity contribution in [2.24, 2.45) is 0 Å². The molecule has 6 rings (SSSR count). The fourth-order valence-corrected chi connectivity index (χ4v) is 5.06. The number of ether oxygens (including phenoxy) is 1. The van der Waals surface area contributed by atoms with E-state index in [1.807, 2.05) is 4.90 Å². The normalized spacial score (nSPS) is 13.0. The molecule has 1 N–H and O–H groups in total. The summed E-state index contributed by atoms with van der Waals surface area (Å²) in [5.41, 5.74) is 3.71. The van der Waals surface area contributed by atoms with Crippen LogP contribution in [0.2, 0.25) is 0 Å². The van der Waals surface area contributed by atoms with Gasteiger partial charge in [0.15, 0.2) is 0 Å². The standard InChI is InChI=1S/C31H22F2N8O/c1-18-28(25-4-2-3-5-37-25)39-26-12-21(32)11-24(33)27(26)29(18)40-30-22(14-35)31(41-6-8-42-9-7-41)38-17-23(30)20-10-19(13-34)15-36-16-20/h2-5,10-12,15-17H,6-9H2,1H3,(H,38,39,40). The summed E-state index contributed by atoms with van der Waals surface area (Å²) in [6, 6.07) is 13.3. The Hall–Kier alpha value is -5.52. The number of pyridine rings is 4. The van der Waals surface area contributed by atoms with E-state index in [1.54, 1.807) is 49.8 Å². The lowest BCUT2D eigenvalue weighted by atomic mass is 10.00. The highest BCUT2D eigenvalue weighted by molar-refractivity contribution is 6.00. The van der Waals surface area contributed by atoms with Crippen molar-refractivity contribution in [3.63, 3.8) is 0 Å². The van der Waals surface area contributed by atoms with Crippen LogP contribution in [0.5, 0.6) is 0 Å². The molecule has 11 heteroatoms. The smallest absolute Gasteiger partial charge is 0.148 e. The molecule has 5 heterocycles. The van der Waals surface area contributed by atoms with E-state index in [0.29, 0.717) is 77.1 Å². The van der Waals surface area contributed by atoms with Crippen LogP contribution in [-0.4, -0.2) is 46.2 Å². The second kappa shape index (κ2) is 11.2. The van der Waals surface area contributed by atoms with Gasteiger partial charge in [0.25, 0.3) is 0 Å². The third-order valence-electron chi connectivity index (χ3n) is 7.06. The Kier molecular flexibility index (Phi) is 7.09. The first-order valence-corrected chi connectivity index (χ1v) is 13.1. The lowest BCUT2D eigenvalue weighted by molar-refractivity contribution is 0.122. The van der Waals surface area contributed by atoms with Crippen molar-refractivity contribution >= 4 is 28.1 Å². The summed E-state index contributed by atoms with van der Waals surface area (Å²) in [5, 5.41) is 23.4. The summed E-state index contributed by atoms with van der Waals surface area (Å²) < 4.78 is 35.4. The van der Waals surface area contributed by atoms with Crippen LogP contribution in [0.15, 0.2) is 61.2 Å². The number of benzene rings is 1. The predicted octanol–water partition coefficient (Wildman–Crippen LogP) is 5.66. The molecule has 9 nitrogen and oxygen atoms in total. The molecule has 0 spiro atoms. The number of morpholine rings is 1. The Morgan fingerprint density at radius 3 is 2.55 bits per heavy atom. The van der Waals surface area contributed by atoms with Gasteiger partial charge in [0.05, 0.1) is 52.4 Å². The third kappa shape index (κ3) is 4.83. The molecule has 1 fully saturated rings. The zero-order valence-electron chi connectivity index (χ0n) is 22.4. The number of anilines is 3. The number of hydrogen-bond acceptors (Lipinski definition) is 9. The zero-order valence-corrected chi connectivity index (χ0v) is 22.4. The van der Waals surface area contributed by atoms with E-state index in [9.17, 15) is 14.9 Å². The Bertz CT molecular complexity index is 1910. The van der Waals surface area contributed by atoms with Gasteiger partial charge >= 0.3 is 0 Å². The van der Waals surface area contributed by atoms with Crippen LogP contribution < -0.4 is 10.2 Å². The quantitative estimate of drug-likeness (QED) is 0.290. The minimum atomic E-state index is -0.814. The summed E-state index contributed by atoms with van der Waals surface area (Å²) in [7, 11) is 0. The number of halogens is 2. The second-order valence-electron chi connectivity index (χ2n) is 9.61. The van der Waals surface area contributed by atoms with Gasteiger partial charge in [-0.15, -0.1) is 0 Å². The van der Waals surface area contributed by atoms with Crippen molar-refractivity contribution in [1.82, 2.24) is 19.9 Å². The van der Waals surface area contributed by atoms with Crippen molar-refractivity contribution in [3.05, 3.63) is 89.5 Å². The van der Waals surface area contributed by atoms with E-state index in [2.05, 4.69) is 37.4 Å². The molecule has 4 aromatic heterocycles. The van der Waals surface area contributed by atoms with E-state index in [1.165, 1.54) is 6.20 Å². The summed E-state index contributed by atoms with van der Waals surface area (Å²) in [5.74, 6) is -1.15. The number of nitrogens with one attached hydrogen (secondary N) is 1. The Morgan fingerprint density at radius 1 is 0.976 bits per heavy atom. The summed E-state index contributed by atoms with van der Waals surface area (Å²) in [6.07, 6.45) is 6.20. The highest BCUT2D eigenvalue weighted by Crippen LogP contribution is 2.41. The average molecular weight is 561 g/mol. The van der Waals surface area contributed by atoms with Gasteiger partial charge in [0.2, 0.25) is 0 Å². The SMILES string of the molecule is Cc1c(-c2ccccn2)nc2cc(F)cc(F)c2c1Nc1c(-c2cncc(C#N)c2)cnc(N2CCOCC2)c1C#N. The van der Waals surface area contributed by atoms with Crippen LogP contribution in [0.3, 0.4) is 0 Å². The van der Waals surface area contributed by atoms with E-state index >= 15 is 4.39 Å². The number of hydrogen-bond donors (Lipinski definition) is 1. The maximum atomic E-state index is 15.5. The van der Waals surface area contributed by atoms with Gasteiger partial charge in [-0.1, -0.05) is 6.07 Å². The highest BCUT2D eigenvalue weighted by Gasteiger charge is 2.25. The molecule has 1 aromatic carbocycles. The molecule has 1 aliphatic rings. The van der Waals surface area contributed by atoms with Gasteiger partial charge in [0.1, 0.15) is 35.2 Å². The summed E-state index contributed by atoms with van der Waals surface area (Å²) >= 11 is 0. The van der Waals surface area contributed by atoms with Gasteiger partial charge in [-0.05, 0) is 25.1 Å². The van der Waals surface area contributed by atoms with Crippen LogP contribution in [0.1, 0.15) is 16.7 Å². The molecule has 0 unspecified atom stereocenters. The first-order chi connectivity index (χ1) is 20.5. The molecule has 0 bridgehead atoms. The third-order valence-corrected chi connectivity index (χ3v) is 7.06. The van der Waals surface area contributed by atoms with Crippen LogP contribution in [0.25, 0.3) is 33.4 Å². The monoisotopic (exact) mass is 560 g/mol.